The van der Waals surface area contributed by atoms with E-state index in [0.29, 0.717) is 17.7 Å². The Morgan fingerprint density at radius 3 is 2.32 bits per heavy atom. The maximum absolute atomic E-state index is 12.1. The fourth-order valence-corrected chi connectivity index (χ4v) is 4.62. The lowest BCUT2D eigenvalue weighted by atomic mass is 9.78. The Kier molecular flexibility index (Phi) is 4.24. The number of amides is 2. The molecule has 0 aromatic carbocycles. The molecular weight excluding hydrogens is 274 g/mol. The van der Waals surface area contributed by atoms with E-state index in [-0.39, 0.29) is 11.8 Å². The molecule has 4 atom stereocenters. The van der Waals surface area contributed by atoms with Crippen molar-refractivity contribution >= 4 is 11.8 Å². The maximum Gasteiger partial charge on any atom is 0.256 e. The average Bonchev–Trinajstić information content (AvgIpc) is 3.19. The molecule has 3 nitrogen and oxygen atoms in total. The number of hydrogen-bond donors (Lipinski definition) is 0. The summed E-state index contributed by atoms with van der Waals surface area (Å²) < 4.78 is 0. The van der Waals surface area contributed by atoms with E-state index in [1.54, 1.807) is 13.8 Å². The van der Waals surface area contributed by atoms with E-state index >= 15 is 0 Å². The third-order valence-electron chi connectivity index (χ3n) is 6.11. The zero-order valence-electron chi connectivity index (χ0n) is 14.0. The summed E-state index contributed by atoms with van der Waals surface area (Å²) >= 11 is 0. The zero-order valence-corrected chi connectivity index (χ0v) is 14.0. The first kappa shape index (κ1) is 15.5. The van der Waals surface area contributed by atoms with Gasteiger partial charge in [0.05, 0.1) is 0 Å². The van der Waals surface area contributed by atoms with Crippen LogP contribution in [0.25, 0.3) is 0 Å². The highest BCUT2D eigenvalue weighted by Gasteiger charge is 2.39. The van der Waals surface area contributed by atoms with Gasteiger partial charge in [0.1, 0.15) is 0 Å². The molecule has 3 rings (SSSR count). The summed E-state index contributed by atoms with van der Waals surface area (Å²) in [6.45, 7) is 6.37. The third kappa shape index (κ3) is 2.55. The number of hydrogen-bond acceptors (Lipinski definition) is 2. The molecule has 3 aliphatic rings. The molecule has 2 bridgehead atoms. The smallest absolute Gasteiger partial charge is 0.256 e. The minimum Gasteiger partial charge on any atom is -0.275 e. The highest BCUT2D eigenvalue weighted by atomic mass is 16.2. The van der Waals surface area contributed by atoms with Crippen LogP contribution in [0.3, 0.4) is 0 Å². The van der Waals surface area contributed by atoms with E-state index in [0.717, 1.165) is 36.5 Å². The van der Waals surface area contributed by atoms with E-state index in [9.17, 15) is 9.59 Å². The third-order valence-corrected chi connectivity index (χ3v) is 6.11. The van der Waals surface area contributed by atoms with Crippen molar-refractivity contribution in [2.75, 3.05) is 6.54 Å². The number of carbonyl (C=O) groups is 2. The van der Waals surface area contributed by atoms with Crippen molar-refractivity contribution in [3.63, 3.8) is 0 Å². The van der Waals surface area contributed by atoms with Gasteiger partial charge < -0.3 is 0 Å². The molecule has 2 aliphatic carbocycles. The second kappa shape index (κ2) is 6.02. The highest BCUT2D eigenvalue weighted by molar-refractivity contribution is 6.18. The predicted molar refractivity (Wildman–Crippen MR) is 87.0 cm³/mol. The van der Waals surface area contributed by atoms with Crippen LogP contribution >= 0.6 is 0 Å². The Labute approximate surface area is 133 Å². The Bertz CT molecular complexity index is 522. The number of carbonyl (C=O) groups excluding carboxylic acids is 2. The second-order valence-electron chi connectivity index (χ2n) is 7.27. The first-order valence-electron chi connectivity index (χ1n) is 8.74. The molecule has 0 saturated heterocycles. The van der Waals surface area contributed by atoms with Crippen molar-refractivity contribution in [3.05, 3.63) is 23.3 Å². The van der Waals surface area contributed by atoms with Gasteiger partial charge in [0.25, 0.3) is 11.8 Å². The van der Waals surface area contributed by atoms with Crippen LogP contribution in [0.5, 0.6) is 0 Å². The van der Waals surface area contributed by atoms with Gasteiger partial charge >= 0.3 is 0 Å². The first-order chi connectivity index (χ1) is 10.5. The molecule has 1 aliphatic heterocycles. The number of rotatable bonds is 6. The monoisotopic (exact) mass is 301 g/mol. The van der Waals surface area contributed by atoms with E-state index < -0.39 is 0 Å². The quantitative estimate of drug-likeness (QED) is 0.554. The Morgan fingerprint density at radius 1 is 1.14 bits per heavy atom. The SMILES string of the molecule is CCC(CCCN1C(=O)C(C)=C(C)C1=O)C1CC2C=CC1C2. The van der Waals surface area contributed by atoms with E-state index in [1.165, 1.54) is 24.2 Å². The first-order valence-corrected chi connectivity index (χ1v) is 8.74. The molecule has 3 heteroatoms. The van der Waals surface area contributed by atoms with Crippen LogP contribution in [0.4, 0.5) is 0 Å². The molecule has 120 valence electrons. The van der Waals surface area contributed by atoms with Crippen molar-refractivity contribution in [3.8, 4) is 0 Å². The topological polar surface area (TPSA) is 37.4 Å². The summed E-state index contributed by atoms with van der Waals surface area (Å²) in [5.74, 6) is 3.00. The Morgan fingerprint density at radius 2 is 1.82 bits per heavy atom. The fourth-order valence-electron chi connectivity index (χ4n) is 4.62. The molecule has 0 aromatic heterocycles. The second-order valence-corrected chi connectivity index (χ2v) is 7.27. The summed E-state index contributed by atoms with van der Waals surface area (Å²) in [4.78, 5) is 25.6. The molecular formula is C19H27NO2. The minimum absolute atomic E-state index is 0.0848. The van der Waals surface area contributed by atoms with Crippen LogP contribution in [-0.4, -0.2) is 23.3 Å². The van der Waals surface area contributed by atoms with Crippen LogP contribution in [0.1, 0.15) is 52.9 Å². The van der Waals surface area contributed by atoms with Gasteiger partial charge in [-0.25, -0.2) is 0 Å². The molecule has 1 saturated carbocycles. The molecule has 0 radical (unpaired) electrons. The van der Waals surface area contributed by atoms with Crippen molar-refractivity contribution < 1.29 is 9.59 Å². The van der Waals surface area contributed by atoms with Crippen molar-refractivity contribution in [2.24, 2.45) is 23.7 Å². The van der Waals surface area contributed by atoms with Gasteiger partial charge in [-0.15, -0.1) is 0 Å². The van der Waals surface area contributed by atoms with Crippen molar-refractivity contribution in [2.45, 2.75) is 52.9 Å². The molecule has 4 unspecified atom stereocenters. The van der Waals surface area contributed by atoms with Crippen LogP contribution in [0, 0.1) is 23.7 Å². The van der Waals surface area contributed by atoms with Gasteiger partial charge in [-0.2, -0.15) is 0 Å². The van der Waals surface area contributed by atoms with Crippen molar-refractivity contribution in [1.29, 1.82) is 0 Å². The average molecular weight is 301 g/mol. The normalized spacial score (nSPS) is 31.8. The number of allylic oxidation sites excluding steroid dienone is 2. The lowest BCUT2D eigenvalue weighted by Gasteiger charge is -2.28. The summed E-state index contributed by atoms with van der Waals surface area (Å²) in [5.41, 5.74) is 1.24. The molecule has 0 aromatic rings. The number of nitrogens with zero attached hydrogens (tertiary/aromatic N) is 1. The summed E-state index contributed by atoms with van der Waals surface area (Å²) in [7, 11) is 0. The molecule has 0 spiro atoms. The molecule has 1 heterocycles. The summed E-state index contributed by atoms with van der Waals surface area (Å²) in [6, 6.07) is 0. The minimum atomic E-state index is -0.0848. The van der Waals surface area contributed by atoms with Crippen LogP contribution < -0.4 is 0 Å². The molecule has 22 heavy (non-hydrogen) atoms. The Balaban J connectivity index is 1.51. The predicted octanol–water partition coefficient (Wildman–Crippen LogP) is 3.71. The number of fused-ring (bicyclic) bond motifs is 2. The fraction of sp³-hybridized carbons (Fsp3) is 0.684. The number of imide groups is 1. The van der Waals surface area contributed by atoms with E-state index in [4.69, 9.17) is 0 Å². The van der Waals surface area contributed by atoms with Gasteiger partial charge in [0, 0.05) is 17.7 Å². The van der Waals surface area contributed by atoms with Gasteiger partial charge in [-0.05, 0) is 63.2 Å². The Hall–Kier alpha value is -1.38. The van der Waals surface area contributed by atoms with Crippen LogP contribution in [0.2, 0.25) is 0 Å². The summed E-state index contributed by atoms with van der Waals surface area (Å²) in [5, 5.41) is 0. The largest absolute Gasteiger partial charge is 0.275 e. The lowest BCUT2D eigenvalue weighted by Crippen LogP contribution is -2.33. The van der Waals surface area contributed by atoms with Gasteiger partial charge in [-0.1, -0.05) is 25.5 Å². The van der Waals surface area contributed by atoms with Gasteiger partial charge in [0.2, 0.25) is 0 Å². The van der Waals surface area contributed by atoms with Gasteiger partial charge in [-0.3, -0.25) is 14.5 Å². The zero-order chi connectivity index (χ0) is 15.9. The highest BCUT2D eigenvalue weighted by Crippen LogP contribution is 2.48. The van der Waals surface area contributed by atoms with E-state index in [2.05, 4.69) is 19.1 Å². The van der Waals surface area contributed by atoms with Crippen LogP contribution in [-0.2, 0) is 9.59 Å². The van der Waals surface area contributed by atoms with E-state index in [1.807, 2.05) is 0 Å². The van der Waals surface area contributed by atoms with Gasteiger partial charge in [0.15, 0.2) is 0 Å². The lowest BCUT2D eigenvalue weighted by molar-refractivity contribution is -0.137. The molecule has 2 amide bonds. The maximum atomic E-state index is 12.1. The molecule has 1 fully saturated rings. The van der Waals surface area contributed by atoms with Crippen molar-refractivity contribution in [1.82, 2.24) is 4.90 Å². The standard InChI is InChI=1S/C19H27NO2/c1-4-15(17-11-14-7-8-16(17)10-14)6-5-9-20-18(21)12(2)13(3)19(20)22/h7-8,14-17H,4-6,9-11H2,1-3H3. The molecule has 0 N–H and O–H groups in total. The van der Waals surface area contributed by atoms with Crippen LogP contribution in [0.15, 0.2) is 23.3 Å². The summed E-state index contributed by atoms with van der Waals surface area (Å²) in [6.07, 6.45) is 10.8.